The minimum atomic E-state index is -1.47. The summed E-state index contributed by atoms with van der Waals surface area (Å²) >= 11 is 3.07. The van der Waals surface area contributed by atoms with Crippen LogP contribution in [0.4, 0.5) is 0 Å². The SMILES string of the molecule is CCS[C@H]1O[C@H]2[C@H](OP3OC[C@H]2O3)[C@H]1OC(=O)c1cccc(C(=O)O[C@@H]2[C@H]3OP4OC[C@@H](O4)[C@H]3O[C@@H]2SCC)c1. The number of hydrogen-bond donors (Lipinski definition) is 0. The Bertz CT molecular complexity index is 1050. The van der Waals surface area contributed by atoms with Crippen LogP contribution in [-0.2, 0) is 46.1 Å². The maximum atomic E-state index is 13.3. The van der Waals surface area contributed by atoms with Crippen LogP contribution in [0.2, 0.25) is 0 Å². The minimum absolute atomic E-state index is 0.215. The largest absolute Gasteiger partial charge is 0.452 e. The third kappa shape index (κ3) is 5.22. The number of carbonyl (C=O) groups is 2. The Morgan fingerprint density at radius 2 is 1.25 bits per heavy atom. The second-order valence-corrected chi connectivity index (χ2v) is 14.6. The van der Waals surface area contributed by atoms with Gasteiger partial charge in [-0.05, 0) is 29.7 Å². The Hall–Kier alpha value is -0.600. The summed E-state index contributed by atoms with van der Waals surface area (Å²) in [5.41, 5.74) is -0.375. The summed E-state index contributed by atoms with van der Waals surface area (Å²) in [6, 6.07) is 6.29. The van der Waals surface area contributed by atoms with Crippen LogP contribution in [-0.4, -0.2) is 96.4 Å². The van der Waals surface area contributed by atoms with E-state index in [1.807, 2.05) is 13.8 Å². The minimum Gasteiger partial charge on any atom is -0.452 e. The van der Waals surface area contributed by atoms with Crippen LogP contribution in [0, 0.1) is 0 Å². The molecule has 0 aromatic heterocycles. The Balaban J connectivity index is 1.05. The maximum absolute atomic E-state index is 13.3. The van der Waals surface area contributed by atoms with E-state index in [0.29, 0.717) is 13.2 Å². The van der Waals surface area contributed by atoms with E-state index in [-0.39, 0.29) is 35.5 Å². The van der Waals surface area contributed by atoms with Gasteiger partial charge in [0.1, 0.15) is 47.5 Å². The molecular weight excluding hydrogens is 606 g/mol. The van der Waals surface area contributed by atoms with Gasteiger partial charge in [-0.3, -0.25) is 0 Å². The highest BCUT2D eigenvalue weighted by atomic mass is 32.2. The number of esters is 2. The zero-order valence-corrected chi connectivity index (χ0v) is 24.9. The lowest BCUT2D eigenvalue weighted by Gasteiger charge is -2.30. The summed E-state index contributed by atoms with van der Waals surface area (Å²) < 4.78 is 58.6. The molecule has 0 radical (unpaired) electrons. The molecule has 0 saturated carbocycles. The van der Waals surface area contributed by atoms with Gasteiger partial charge in [0.25, 0.3) is 0 Å². The molecule has 6 aliphatic heterocycles. The molecule has 0 spiro atoms. The van der Waals surface area contributed by atoms with E-state index >= 15 is 0 Å². The zero-order chi connectivity index (χ0) is 27.4. The van der Waals surface area contributed by atoms with Crippen molar-refractivity contribution in [3.63, 3.8) is 0 Å². The molecule has 6 aliphatic rings. The van der Waals surface area contributed by atoms with Gasteiger partial charge in [0.05, 0.1) is 24.3 Å². The summed E-state index contributed by atoms with van der Waals surface area (Å²) in [4.78, 5) is 26.6. The van der Waals surface area contributed by atoms with Crippen molar-refractivity contribution in [3.05, 3.63) is 35.4 Å². The molecule has 0 amide bonds. The Kier molecular flexibility index (Phi) is 8.33. The van der Waals surface area contributed by atoms with Crippen LogP contribution in [0.25, 0.3) is 0 Å². The predicted octanol–water partition coefficient (Wildman–Crippen LogP) is 3.78. The Labute approximate surface area is 241 Å². The van der Waals surface area contributed by atoms with Gasteiger partial charge in [-0.25, -0.2) is 9.59 Å². The summed E-state index contributed by atoms with van der Waals surface area (Å²) in [6.07, 6.45) is -3.54. The van der Waals surface area contributed by atoms with Gasteiger partial charge in [-0.1, -0.05) is 19.9 Å². The monoisotopic (exact) mass is 634 g/mol. The van der Waals surface area contributed by atoms with Gasteiger partial charge in [0.2, 0.25) is 0 Å². The van der Waals surface area contributed by atoms with Crippen molar-refractivity contribution in [2.24, 2.45) is 0 Å². The number of hydrogen-bond acceptors (Lipinski definition) is 14. The molecule has 6 heterocycles. The second-order valence-electron chi connectivity index (χ2n) is 9.64. The number of benzene rings is 1. The van der Waals surface area contributed by atoms with Crippen molar-refractivity contribution in [1.82, 2.24) is 0 Å². The molecule has 6 fully saturated rings. The predicted molar refractivity (Wildman–Crippen MR) is 144 cm³/mol. The summed E-state index contributed by atoms with van der Waals surface area (Å²) in [7, 11) is -2.95. The lowest BCUT2D eigenvalue weighted by atomic mass is 10.1. The summed E-state index contributed by atoms with van der Waals surface area (Å²) in [5, 5.41) is 0. The number of thioether (sulfide) groups is 2. The lowest BCUT2D eigenvalue weighted by molar-refractivity contribution is -0.0516. The van der Waals surface area contributed by atoms with Crippen molar-refractivity contribution in [2.45, 2.75) is 73.6 Å². The number of ether oxygens (including phenoxy) is 4. The summed E-state index contributed by atoms with van der Waals surface area (Å²) in [6.45, 7) is 4.79. The van der Waals surface area contributed by atoms with E-state index in [4.69, 9.17) is 46.1 Å². The lowest BCUT2D eigenvalue weighted by Crippen LogP contribution is -2.44. The highest BCUT2D eigenvalue weighted by molar-refractivity contribution is 8.00. The van der Waals surface area contributed by atoms with Gasteiger partial charge >= 0.3 is 29.1 Å². The van der Waals surface area contributed by atoms with E-state index in [9.17, 15) is 9.59 Å². The smallest absolute Gasteiger partial charge is 0.338 e. The van der Waals surface area contributed by atoms with Crippen LogP contribution >= 0.6 is 40.7 Å². The number of rotatable bonds is 8. The van der Waals surface area contributed by atoms with Crippen molar-refractivity contribution in [1.29, 1.82) is 0 Å². The molecule has 0 N–H and O–H groups in total. The van der Waals surface area contributed by atoms with Gasteiger partial charge in [0.15, 0.2) is 12.2 Å². The van der Waals surface area contributed by atoms with Gasteiger partial charge in [-0.2, -0.15) is 0 Å². The van der Waals surface area contributed by atoms with Gasteiger partial charge in [0, 0.05) is 0 Å². The number of fused-ring (bicyclic) bond motifs is 8. The molecule has 6 saturated heterocycles. The van der Waals surface area contributed by atoms with Crippen molar-refractivity contribution < 1.29 is 55.7 Å². The first-order chi connectivity index (χ1) is 19.5. The quantitative estimate of drug-likeness (QED) is 0.304. The van der Waals surface area contributed by atoms with E-state index in [0.717, 1.165) is 11.5 Å². The Morgan fingerprint density at radius 3 is 1.70 bits per heavy atom. The van der Waals surface area contributed by atoms with E-state index in [1.54, 1.807) is 18.2 Å². The topological polar surface area (TPSA) is 126 Å². The van der Waals surface area contributed by atoms with Gasteiger partial charge in [-0.15, -0.1) is 23.5 Å². The first kappa shape index (κ1) is 28.2. The van der Waals surface area contributed by atoms with Crippen LogP contribution in [0.1, 0.15) is 34.6 Å². The highest BCUT2D eigenvalue weighted by Crippen LogP contribution is 2.58. The zero-order valence-electron chi connectivity index (χ0n) is 21.5. The summed E-state index contributed by atoms with van der Waals surface area (Å²) in [5.74, 6) is 0.361. The third-order valence-electron chi connectivity index (χ3n) is 7.18. The molecule has 40 heavy (non-hydrogen) atoms. The molecule has 218 valence electrons. The first-order valence-corrected chi connectivity index (χ1v) is 17.4. The van der Waals surface area contributed by atoms with Crippen LogP contribution in [0.5, 0.6) is 0 Å². The van der Waals surface area contributed by atoms with Gasteiger partial charge < -0.3 is 46.1 Å². The molecule has 4 bridgehead atoms. The fourth-order valence-electron chi connectivity index (χ4n) is 5.37. The van der Waals surface area contributed by atoms with Crippen molar-refractivity contribution >= 4 is 52.7 Å². The van der Waals surface area contributed by atoms with Crippen LogP contribution in [0.3, 0.4) is 0 Å². The molecule has 16 heteroatoms. The van der Waals surface area contributed by atoms with E-state index < -0.39 is 64.4 Å². The average Bonchev–Trinajstić information content (AvgIpc) is 3.72. The van der Waals surface area contributed by atoms with Crippen molar-refractivity contribution in [3.8, 4) is 0 Å². The third-order valence-corrected chi connectivity index (χ3v) is 11.7. The van der Waals surface area contributed by atoms with E-state index in [2.05, 4.69) is 0 Å². The molecule has 0 aliphatic carbocycles. The molecule has 7 rings (SSSR count). The van der Waals surface area contributed by atoms with E-state index in [1.165, 1.54) is 29.6 Å². The molecule has 1 aromatic carbocycles. The highest BCUT2D eigenvalue weighted by Gasteiger charge is 2.60. The average molecular weight is 635 g/mol. The standard InChI is InChI=1S/C24H28O12P2S2/c1-3-39-23-19(17-15(31-23)13-9-27-37(33-13)35-17)29-21(25)11-6-5-7-12(8-11)22(26)30-20-18-16(32-24(20)40-4-2)14-10-28-38(34-14)36-18/h5-8,13-20,23-24H,3-4,9-10H2,1-2H3/t13-,14-,15-,16-,17+,18+,19-,20-,23-,24-,37?,38?/m1/s1. The number of carbonyl (C=O) groups excluding carboxylic acids is 2. The fraction of sp³-hybridized carbons (Fsp3) is 0.667. The van der Waals surface area contributed by atoms with Crippen molar-refractivity contribution in [2.75, 3.05) is 24.7 Å². The molecule has 1 aromatic rings. The normalized spacial score (nSPS) is 42.9. The molecule has 2 unspecified atom stereocenters. The van der Waals surface area contributed by atoms with Crippen LogP contribution in [0.15, 0.2) is 24.3 Å². The van der Waals surface area contributed by atoms with Crippen LogP contribution < -0.4 is 0 Å². The molecule has 12 atom stereocenters. The fourth-order valence-corrected chi connectivity index (χ4v) is 9.80. The first-order valence-electron chi connectivity index (χ1n) is 13.1. The maximum Gasteiger partial charge on any atom is 0.338 e. The molecular formula is C24H28O12P2S2. The molecule has 12 nitrogen and oxygen atoms in total. The second kappa shape index (κ2) is 11.8. The Morgan fingerprint density at radius 1 is 0.775 bits per heavy atom.